The van der Waals surface area contributed by atoms with Gasteiger partial charge in [-0.25, -0.2) is 4.79 Å². The van der Waals surface area contributed by atoms with Gasteiger partial charge in [0.15, 0.2) is 6.04 Å². The van der Waals surface area contributed by atoms with Crippen molar-refractivity contribution < 1.29 is 14.5 Å². The smallest absolute Gasteiger partial charge is 0.334 e. The van der Waals surface area contributed by atoms with E-state index in [1.165, 1.54) is 19.2 Å². The topological polar surface area (TPSA) is 98.9 Å². The van der Waals surface area contributed by atoms with Gasteiger partial charge in [-0.15, -0.1) is 4.91 Å². The summed E-state index contributed by atoms with van der Waals surface area (Å²) in [6.45, 7) is 0. The van der Waals surface area contributed by atoms with E-state index in [-0.39, 0.29) is 12.1 Å². The van der Waals surface area contributed by atoms with Crippen LogP contribution in [0.15, 0.2) is 29.4 Å². The van der Waals surface area contributed by atoms with Gasteiger partial charge in [-0.05, 0) is 18.4 Å². The molecular formula is C11H12N2O5. The van der Waals surface area contributed by atoms with Crippen LogP contribution in [0.25, 0.3) is 0 Å². The number of hydrogen-bond acceptors (Lipinski definition) is 6. The Morgan fingerprint density at radius 1 is 1.44 bits per heavy atom. The number of methoxy groups -OCH3 is 1. The number of esters is 1. The number of nitroso groups, excluding NO2 is 1. The maximum Gasteiger partial charge on any atom is 0.334 e. The lowest BCUT2D eigenvalue weighted by Crippen LogP contribution is -2.20. The van der Waals surface area contributed by atoms with Crippen molar-refractivity contribution in [1.82, 2.24) is 0 Å². The van der Waals surface area contributed by atoms with E-state index < -0.39 is 16.9 Å². The van der Waals surface area contributed by atoms with Gasteiger partial charge in [0.25, 0.3) is 5.69 Å². The number of ether oxygens (including phenoxy) is 1. The highest BCUT2D eigenvalue weighted by Gasteiger charge is 2.19. The van der Waals surface area contributed by atoms with Gasteiger partial charge in [0, 0.05) is 12.1 Å². The molecule has 7 heteroatoms. The van der Waals surface area contributed by atoms with Crippen molar-refractivity contribution in [3.8, 4) is 0 Å². The van der Waals surface area contributed by atoms with Gasteiger partial charge in [-0.2, -0.15) is 0 Å². The number of nitro groups is 1. The minimum absolute atomic E-state index is 0.00298. The molecule has 18 heavy (non-hydrogen) atoms. The fraction of sp³-hybridized carbons (Fsp3) is 0.364. The zero-order chi connectivity index (χ0) is 13.5. The molecule has 96 valence electrons. The minimum Gasteiger partial charge on any atom is -0.467 e. The second-order valence-electron chi connectivity index (χ2n) is 3.61. The summed E-state index contributed by atoms with van der Waals surface area (Å²) in [7, 11) is 1.19. The molecular weight excluding hydrogens is 240 g/mol. The van der Waals surface area contributed by atoms with Gasteiger partial charge in [-0.1, -0.05) is 17.3 Å². The molecule has 0 fully saturated rings. The van der Waals surface area contributed by atoms with E-state index in [1.54, 1.807) is 12.1 Å². The Balaban J connectivity index is 2.60. The number of nitrogens with zero attached hydrogens (tertiary/aromatic N) is 2. The number of carbonyl (C=O) groups excluding carboxylic acids is 1. The Bertz CT molecular complexity index is 443. The van der Waals surface area contributed by atoms with Gasteiger partial charge in [0.2, 0.25) is 0 Å². The van der Waals surface area contributed by atoms with E-state index in [0.29, 0.717) is 6.42 Å². The van der Waals surface area contributed by atoms with E-state index in [9.17, 15) is 19.8 Å². The highest BCUT2D eigenvalue weighted by atomic mass is 16.6. The third-order valence-corrected chi connectivity index (χ3v) is 2.45. The number of benzene rings is 1. The molecule has 1 aromatic carbocycles. The molecule has 0 amide bonds. The molecule has 0 radical (unpaired) electrons. The van der Waals surface area contributed by atoms with Gasteiger partial charge < -0.3 is 4.74 Å². The van der Waals surface area contributed by atoms with Crippen LogP contribution in [0.1, 0.15) is 12.0 Å². The molecule has 0 N–H and O–H groups in total. The zero-order valence-electron chi connectivity index (χ0n) is 9.74. The predicted octanol–water partition coefficient (Wildman–Crippen LogP) is 1.84. The first-order chi connectivity index (χ1) is 8.58. The second kappa shape index (κ2) is 6.43. The molecule has 0 aromatic heterocycles. The van der Waals surface area contributed by atoms with Gasteiger partial charge in [0.1, 0.15) is 0 Å². The number of aryl methyl sites for hydroxylation is 1. The fourth-order valence-corrected chi connectivity index (χ4v) is 1.44. The summed E-state index contributed by atoms with van der Waals surface area (Å²) >= 11 is 0. The average Bonchev–Trinajstić information content (AvgIpc) is 2.39. The summed E-state index contributed by atoms with van der Waals surface area (Å²) in [6.07, 6.45) is 0.636. The van der Waals surface area contributed by atoms with Crippen LogP contribution < -0.4 is 0 Å². The summed E-state index contributed by atoms with van der Waals surface area (Å²) < 4.78 is 4.42. The molecule has 1 aromatic rings. The molecule has 7 nitrogen and oxygen atoms in total. The molecule has 1 rings (SSSR count). The Morgan fingerprint density at radius 3 is 2.50 bits per heavy atom. The van der Waals surface area contributed by atoms with Crippen LogP contribution in [0.5, 0.6) is 0 Å². The highest BCUT2D eigenvalue weighted by molar-refractivity contribution is 5.75. The van der Waals surface area contributed by atoms with Crippen molar-refractivity contribution >= 4 is 11.7 Å². The molecule has 0 saturated heterocycles. The first-order valence-corrected chi connectivity index (χ1v) is 5.22. The second-order valence-corrected chi connectivity index (χ2v) is 3.61. The number of non-ortho nitro benzene ring substituents is 1. The molecule has 0 aliphatic rings. The first kappa shape index (κ1) is 13.8. The molecule has 1 atom stereocenters. The Kier molecular flexibility index (Phi) is 4.91. The summed E-state index contributed by atoms with van der Waals surface area (Å²) in [5.74, 6) is -0.674. The molecule has 1 unspecified atom stereocenters. The summed E-state index contributed by atoms with van der Waals surface area (Å²) in [6, 6.07) is 4.87. The van der Waals surface area contributed by atoms with Crippen LogP contribution in [0, 0.1) is 15.0 Å². The lowest BCUT2D eigenvalue weighted by molar-refractivity contribution is -0.384. The van der Waals surface area contributed by atoms with E-state index in [4.69, 9.17) is 0 Å². The SMILES string of the molecule is COC(=O)C(CCc1ccc([N+](=O)[O-])cc1)N=O. The first-order valence-electron chi connectivity index (χ1n) is 5.22. The standard InChI is InChI=1S/C11H12N2O5/c1-18-11(14)10(12-15)7-4-8-2-5-9(6-3-8)13(16)17/h2-3,5-6,10H,4,7H2,1H3. The van der Waals surface area contributed by atoms with Crippen LogP contribution >= 0.6 is 0 Å². The van der Waals surface area contributed by atoms with Crippen LogP contribution in [0.3, 0.4) is 0 Å². The lowest BCUT2D eigenvalue weighted by atomic mass is 10.1. The quantitative estimate of drug-likeness (QED) is 0.333. The van der Waals surface area contributed by atoms with Crippen molar-refractivity contribution in [1.29, 1.82) is 0 Å². The number of hydrogen-bond donors (Lipinski definition) is 0. The van der Waals surface area contributed by atoms with Gasteiger partial charge in [0.05, 0.1) is 12.0 Å². The number of carbonyl (C=O) groups is 1. The summed E-state index contributed by atoms with van der Waals surface area (Å²) in [5.41, 5.74) is 0.787. The third-order valence-electron chi connectivity index (χ3n) is 2.45. The maximum atomic E-state index is 11.1. The molecule has 0 aliphatic heterocycles. The van der Waals surface area contributed by atoms with E-state index in [2.05, 4.69) is 9.91 Å². The molecule has 0 bridgehead atoms. The summed E-state index contributed by atoms with van der Waals surface area (Å²) in [4.78, 5) is 31.5. The largest absolute Gasteiger partial charge is 0.467 e. The van der Waals surface area contributed by atoms with Crippen LogP contribution in [0.4, 0.5) is 5.69 Å². The van der Waals surface area contributed by atoms with Crippen LogP contribution in [-0.2, 0) is 16.0 Å². The maximum absolute atomic E-state index is 11.1. The molecule has 0 aliphatic carbocycles. The normalized spacial score (nSPS) is 11.6. The predicted molar refractivity (Wildman–Crippen MR) is 63.0 cm³/mol. The van der Waals surface area contributed by atoms with Crippen molar-refractivity contribution in [3.63, 3.8) is 0 Å². The minimum atomic E-state index is -1.04. The number of nitro benzene ring substituents is 1. The average molecular weight is 252 g/mol. The van der Waals surface area contributed by atoms with Crippen molar-refractivity contribution in [2.75, 3.05) is 7.11 Å². The molecule has 0 heterocycles. The van der Waals surface area contributed by atoms with Crippen molar-refractivity contribution in [2.45, 2.75) is 18.9 Å². The summed E-state index contributed by atoms with van der Waals surface area (Å²) in [5, 5.41) is 13.1. The molecule has 0 spiro atoms. The lowest BCUT2D eigenvalue weighted by Gasteiger charge is -2.06. The Labute approximate surface area is 103 Å². The highest BCUT2D eigenvalue weighted by Crippen LogP contribution is 2.14. The molecule has 0 saturated carbocycles. The Morgan fingerprint density at radius 2 is 2.06 bits per heavy atom. The van der Waals surface area contributed by atoms with E-state index in [0.717, 1.165) is 5.56 Å². The van der Waals surface area contributed by atoms with Crippen LogP contribution in [-0.4, -0.2) is 24.0 Å². The van der Waals surface area contributed by atoms with Gasteiger partial charge >= 0.3 is 5.97 Å². The number of rotatable bonds is 6. The Hall–Kier alpha value is -2.31. The monoisotopic (exact) mass is 252 g/mol. The van der Waals surface area contributed by atoms with Crippen LogP contribution in [0.2, 0.25) is 0 Å². The third kappa shape index (κ3) is 3.62. The van der Waals surface area contributed by atoms with Crippen molar-refractivity contribution in [2.24, 2.45) is 5.18 Å². The van der Waals surface area contributed by atoms with Gasteiger partial charge in [-0.3, -0.25) is 10.1 Å². The van der Waals surface area contributed by atoms with E-state index >= 15 is 0 Å². The zero-order valence-corrected chi connectivity index (χ0v) is 9.74. The van der Waals surface area contributed by atoms with Crippen molar-refractivity contribution in [3.05, 3.63) is 44.9 Å². The fourth-order valence-electron chi connectivity index (χ4n) is 1.44. The van der Waals surface area contributed by atoms with E-state index in [1.807, 2.05) is 0 Å².